The Morgan fingerprint density at radius 2 is 2.08 bits per heavy atom. The van der Waals surface area contributed by atoms with E-state index in [1.54, 1.807) is 6.20 Å². The van der Waals surface area contributed by atoms with Gasteiger partial charge in [0.2, 0.25) is 0 Å². The van der Waals surface area contributed by atoms with E-state index in [-0.39, 0.29) is 6.10 Å². The average molecular weight is 343 g/mol. The molecule has 1 heterocycles. The first-order valence-corrected chi connectivity index (χ1v) is 8.67. The van der Waals surface area contributed by atoms with Crippen LogP contribution >= 0.6 is 12.2 Å². The lowest BCUT2D eigenvalue weighted by molar-refractivity contribution is 0.242. The normalized spacial score (nSPS) is 10.5. The molecule has 5 heteroatoms. The standard InChI is InChI=1S/C19H25N3OS/c1-14(2)23-17-10-4-8-16(13-17)9-6-12-21-19(24)22-18-15(3)7-5-11-20-18/h4-5,7-8,10-11,13-14H,6,9,12H2,1-3H3,(H2,20,21,22,24). The number of aromatic nitrogens is 1. The van der Waals surface area contributed by atoms with Gasteiger partial charge in [0.1, 0.15) is 11.6 Å². The Morgan fingerprint density at radius 1 is 1.25 bits per heavy atom. The Kier molecular flexibility index (Phi) is 7.00. The molecule has 4 nitrogen and oxygen atoms in total. The third kappa shape index (κ3) is 6.16. The summed E-state index contributed by atoms with van der Waals surface area (Å²) < 4.78 is 5.72. The molecular formula is C19H25N3OS. The molecule has 0 radical (unpaired) electrons. The van der Waals surface area contributed by atoms with Crippen LogP contribution in [0.3, 0.4) is 0 Å². The minimum absolute atomic E-state index is 0.195. The molecule has 0 spiro atoms. The molecule has 0 saturated heterocycles. The van der Waals surface area contributed by atoms with Crippen LogP contribution in [0.4, 0.5) is 5.82 Å². The van der Waals surface area contributed by atoms with Gasteiger partial charge in [0.05, 0.1) is 6.10 Å². The van der Waals surface area contributed by atoms with Gasteiger partial charge in [-0.15, -0.1) is 0 Å². The largest absolute Gasteiger partial charge is 0.491 e. The van der Waals surface area contributed by atoms with E-state index in [2.05, 4.69) is 27.8 Å². The van der Waals surface area contributed by atoms with Gasteiger partial charge in [-0.2, -0.15) is 0 Å². The Bertz CT molecular complexity index is 673. The molecule has 2 aromatic rings. The zero-order chi connectivity index (χ0) is 17.4. The van der Waals surface area contributed by atoms with Gasteiger partial charge < -0.3 is 15.4 Å². The van der Waals surface area contributed by atoms with Gasteiger partial charge in [0.25, 0.3) is 0 Å². The molecule has 0 aliphatic heterocycles. The molecule has 2 rings (SSSR count). The van der Waals surface area contributed by atoms with Crippen molar-refractivity contribution in [1.29, 1.82) is 0 Å². The summed E-state index contributed by atoms with van der Waals surface area (Å²) in [6, 6.07) is 12.2. The molecule has 0 saturated carbocycles. The highest BCUT2D eigenvalue weighted by Gasteiger charge is 2.02. The molecule has 0 aliphatic rings. The maximum atomic E-state index is 5.72. The summed E-state index contributed by atoms with van der Waals surface area (Å²) in [4.78, 5) is 4.27. The summed E-state index contributed by atoms with van der Waals surface area (Å²) in [6.07, 6.45) is 3.92. The van der Waals surface area contributed by atoms with Crippen LogP contribution in [0.5, 0.6) is 5.75 Å². The van der Waals surface area contributed by atoms with E-state index in [1.165, 1.54) is 5.56 Å². The van der Waals surface area contributed by atoms with E-state index in [4.69, 9.17) is 17.0 Å². The summed E-state index contributed by atoms with van der Waals surface area (Å²) in [5.74, 6) is 1.73. The van der Waals surface area contributed by atoms with E-state index in [1.807, 2.05) is 45.0 Å². The number of rotatable bonds is 7. The molecule has 0 fully saturated rings. The van der Waals surface area contributed by atoms with Crippen LogP contribution in [-0.4, -0.2) is 22.7 Å². The van der Waals surface area contributed by atoms with Crippen molar-refractivity contribution in [3.8, 4) is 5.75 Å². The quantitative estimate of drug-likeness (QED) is 0.585. The third-order valence-corrected chi connectivity index (χ3v) is 3.69. The molecule has 0 amide bonds. The fourth-order valence-electron chi connectivity index (χ4n) is 2.31. The first kappa shape index (κ1) is 18.2. The number of thiocarbonyl (C=S) groups is 1. The molecule has 1 aromatic carbocycles. The Morgan fingerprint density at radius 3 is 2.83 bits per heavy atom. The van der Waals surface area contributed by atoms with E-state index in [0.29, 0.717) is 5.11 Å². The molecule has 0 unspecified atom stereocenters. The van der Waals surface area contributed by atoms with Crippen molar-refractivity contribution >= 4 is 23.1 Å². The lowest BCUT2D eigenvalue weighted by Gasteiger charge is -2.12. The van der Waals surface area contributed by atoms with Crippen molar-refractivity contribution < 1.29 is 4.74 Å². The molecule has 128 valence electrons. The highest BCUT2D eigenvalue weighted by atomic mass is 32.1. The van der Waals surface area contributed by atoms with Gasteiger partial charge in [-0.3, -0.25) is 0 Å². The minimum atomic E-state index is 0.195. The number of nitrogens with one attached hydrogen (secondary N) is 2. The van der Waals surface area contributed by atoms with Gasteiger partial charge >= 0.3 is 0 Å². The topological polar surface area (TPSA) is 46.2 Å². The zero-order valence-electron chi connectivity index (χ0n) is 14.5. The summed E-state index contributed by atoms with van der Waals surface area (Å²) in [6.45, 7) is 6.89. The summed E-state index contributed by atoms with van der Waals surface area (Å²) in [5, 5.41) is 6.96. The van der Waals surface area contributed by atoms with Crippen molar-refractivity contribution in [3.63, 3.8) is 0 Å². The van der Waals surface area contributed by atoms with E-state index in [0.717, 1.165) is 36.5 Å². The first-order chi connectivity index (χ1) is 11.5. The van der Waals surface area contributed by atoms with Crippen molar-refractivity contribution in [2.75, 3.05) is 11.9 Å². The number of hydrogen-bond donors (Lipinski definition) is 2. The second kappa shape index (κ2) is 9.23. The highest BCUT2D eigenvalue weighted by molar-refractivity contribution is 7.80. The number of pyridine rings is 1. The highest BCUT2D eigenvalue weighted by Crippen LogP contribution is 2.16. The van der Waals surface area contributed by atoms with Gasteiger partial charge in [-0.1, -0.05) is 18.2 Å². The zero-order valence-corrected chi connectivity index (χ0v) is 15.3. The van der Waals surface area contributed by atoms with Crippen LogP contribution in [0.25, 0.3) is 0 Å². The molecule has 1 aromatic heterocycles. The van der Waals surface area contributed by atoms with Crippen LogP contribution < -0.4 is 15.4 Å². The van der Waals surface area contributed by atoms with Crippen molar-refractivity contribution in [2.24, 2.45) is 0 Å². The van der Waals surface area contributed by atoms with Crippen molar-refractivity contribution in [2.45, 2.75) is 39.7 Å². The van der Waals surface area contributed by atoms with Gasteiger partial charge in [-0.05, 0) is 75.2 Å². The Balaban J connectivity index is 1.73. The maximum Gasteiger partial charge on any atom is 0.171 e. The fraction of sp³-hybridized carbons (Fsp3) is 0.368. The number of ether oxygens (including phenoxy) is 1. The van der Waals surface area contributed by atoms with Crippen LogP contribution in [-0.2, 0) is 6.42 Å². The number of hydrogen-bond acceptors (Lipinski definition) is 3. The monoisotopic (exact) mass is 343 g/mol. The van der Waals surface area contributed by atoms with Crippen molar-refractivity contribution in [1.82, 2.24) is 10.3 Å². The molecule has 0 bridgehead atoms. The number of anilines is 1. The average Bonchev–Trinajstić information content (AvgIpc) is 2.53. The maximum absolute atomic E-state index is 5.72. The second-order valence-electron chi connectivity index (χ2n) is 5.97. The second-order valence-corrected chi connectivity index (χ2v) is 6.38. The number of aryl methyl sites for hydroxylation is 2. The number of benzene rings is 1. The predicted molar refractivity (Wildman–Crippen MR) is 104 cm³/mol. The molecular weight excluding hydrogens is 318 g/mol. The number of nitrogens with zero attached hydrogens (tertiary/aromatic N) is 1. The summed E-state index contributed by atoms with van der Waals surface area (Å²) in [5.41, 5.74) is 2.35. The fourth-order valence-corrected chi connectivity index (χ4v) is 2.51. The lowest BCUT2D eigenvalue weighted by atomic mass is 10.1. The SMILES string of the molecule is Cc1cccnc1NC(=S)NCCCc1cccc(OC(C)C)c1. The van der Waals surface area contributed by atoms with Crippen LogP contribution in [0, 0.1) is 6.92 Å². The van der Waals surface area contributed by atoms with E-state index >= 15 is 0 Å². The van der Waals surface area contributed by atoms with E-state index < -0.39 is 0 Å². The Labute approximate surface area is 149 Å². The first-order valence-electron chi connectivity index (χ1n) is 8.26. The van der Waals surface area contributed by atoms with Crippen LogP contribution in [0.1, 0.15) is 31.4 Å². The third-order valence-electron chi connectivity index (χ3n) is 3.44. The Hall–Kier alpha value is -2.14. The van der Waals surface area contributed by atoms with Gasteiger partial charge in [0.15, 0.2) is 5.11 Å². The minimum Gasteiger partial charge on any atom is -0.491 e. The van der Waals surface area contributed by atoms with E-state index in [9.17, 15) is 0 Å². The van der Waals surface area contributed by atoms with Gasteiger partial charge in [-0.25, -0.2) is 4.98 Å². The molecule has 24 heavy (non-hydrogen) atoms. The molecule has 0 aliphatic carbocycles. The van der Waals surface area contributed by atoms with Gasteiger partial charge in [0, 0.05) is 12.7 Å². The molecule has 2 N–H and O–H groups in total. The predicted octanol–water partition coefficient (Wildman–Crippen LogP) is 4.10. The van der Waals surface area contributed by atoms with Crippen molar-refractivity contribution in [3.05, 3.63) is 53.7 Å². The van der Waals surface area contributed by atoms with Crippen LogP contribution in [0.15, 0.2) is 42.6 Å². The smallest absolute Gasteiger partial charge is 0.171 e. The lowest BCUT2D eigenvalue weighted by Crippen LogP contribution is -2.30. The van der Waals surface area contributed by atoms with Crippen LogP contribution in [0.2, 0.25) is 0 Å². The summed E-state index contributed by atoms with van der Waals surface area (Å²) in [7, 11) is 0. The summed E-state index contributed by atoms with van der Waals surface area (Å²) >= 11 is 5.31. The molecule has 0 atom stereocenters.